The number of carbonyl (C=O) groups excluding carboxylic acids is 2. The van der Waals surface area contributed by atoms with E-state index in [1.54, 1.807) is 18.2 Å². The lowest BCUT2D eigenvalue weighted by Crippen LogP contribution is -2.48. The minimum absolute atomic E-state index is 0.00841. The number of nitrogens with one attached hydrogen (secondary N) is 2. The highest BCUT2D eigenvalue weighted by Gasteiger charge is 2.24. The molecule has 3 rings (SSSR count). The summed E-state index contributed by atoms with van der Waals surface area (Å²) < 4.78 is 27.8. The van der Waals surface area contributed by atoms with E-state index in [1.807, 2.05) is 32.9 Å². The van der Waals surface area contributed by atoms with Gasteiger partial charge in [0, 0.05) is 36.2 Å². The minimum Gasteiger partial charge on any atom is -0.390 e. The van der Waals surface area contributed by atoms with Crippen LogP contribution in [-0.4, -0.2) is 35.5 Å². The predicted molar refractivity (Wildman–Crippen MR) is 154 cm³/mol. The molecule has 2 atom stereocenters. The Kier molecular flexibility index (Phi) is 11.5. The third-order valence-electron chi connectivity index (χ3n) is 7.22. The molecule has 0 aliphatic rings. The average Bonchev–Trinajstić information content (AvgIpc) is 2.92. The van der Waals surface area contributed by atoms with Crippen LogP contribution >= 0.6 is 0 Å². The van der Waals surface area contributed by atoms with Crippen LogP contribution in [0.2, 0.25) is 0 Å². The molecule has 214 valence electrons. The van der Waals surface area contributed by atoms with Crippen LogP contribution in [-0.2, 0) is 19.4 Å². The molecule has 0 radical (unpaired) electrons. The third kappa shape index (κ3) is 8.80. The molecule has 3 N–H and O–H groups in total. The molecule has 40 heavy (non-hydrogen) atoms. The molecule has 0 unspecified atom stereocenters. The Morgan fingerprint density at radius 2 is 1.50 bits per heavy atom. The molecule has 0 saturated heterocycles. The van der Waals surface area contributed by atoms with Crippen LogP contribution in [0.5, 0.6) is 0 Å². The minimum atomic E-state index is -1.06. The van der Waals surface area contributed by atoms with Gasteiger partial charge in [0.25, 0.3) is 5.91 Å². The lowest BCUT2D eigenvalue weighted by Gasteiger charge is -2.25. The van der Waals surface area contributed by atoms with E-state index in [1.165, 1.54) is 17.7 Å². The van der Waals surface area contributed by atoms with Gasteiger partial charge in [-0.2, -0.15) is 0 Å². The van der Waals surface area contributed by atoms with E-state index in [0.717, 1.165) is 23.6 Å². The van der Waals surface area contributed by atoms with Gasteiger partial charge in [-0.3, -0.25) is 9.59 Å². The SMILES string of the molecule is CCc1cccc(CNC[C@H](O)[C@H](Cc2cc(F)cc(F)c2)NC(=O)c2cc(C)cc(C(=O)C(CC)CC)c2)c1. The highest BCUT2D eigenvalue weighted by Crippen LogP contribution is 2.19. The van der Waals surface area contributed by atoms with Gasteiger partial charge < -0.3 is 15.7 Å². The van der Waals surface area contributed by atoms with Crippen molar-refractivity contribution in [3.8, 4) is 0 Å². The number of halogens is 2. The molecule has 0 saturated carbocycles. The highest BCUT2D eigenvalue weighted by atomic mass is 19.1. The molecule has 5 nitrogen and oxygen atoms in total. The van der Waals surface area contributed by atoms with Crippen LogP contribution in [0.25, 0.3) is 0 Å². The molecule has 7 heteroatoms. The number of hydrogen-bond acceptors (Lipinski definition) is 4. The Balaban J connectivity index is 1.80. The third-order valence-corrected chi connectivity index (χ3v) is 7.22. The molecule has 0 bridgehead atoms. The van der Waals surface area contributed by atoms with Crippen molar-refractivity contribution < 1.29 is 23.5 Å². The summed E-state index contributed by atoms with van der Waals surface area (Å²) in [4.78, 5) is 26.4. The number of rotatable bonds is 14. The maximum Gasteiger partial charge on any atom is 0.251 e. The fraction of sp³-hybridized carbons (Fsp3) is 0.394. The molecule has 3 aromatic rings. The molecule has 0 aliphatic carbocycles. The molecule has 0 spiro atoms. The normalized spacial score (nSPS) is 12.8. The fourth-order valence-corrected chi connectivity index (χ4v) is 4.94. The van der Waals surface area contributed by atoms with E-state index in [-0.39, 0.29) is 24.7 Å². The van der Waals surface area contributed by atoms with Crippen molar-refractivity contribution in [1.82, 2.24) is 10.6 Å². The van der Waals surface area contributed by atoms with Gasteiger partial charge in [-0.25, -0.2) is 8.78 Å². The van der Waals surface area contributed by atoms with Gasteiger partial charge in [0.05, 0.1) is 12.1 Å². The lowest BCUT2D eigenvalue weighted by atomic mass is 9.91. The second kappa shape index (κ2) is 14.8. The largest absolute Gasteiger partial charge is 0.390 e. The number of benzene rings is 3. The number of Topliss-reactive ketones (excluding diaryl/α,β-unsaturated/α-hetero) is 1. The molecule has 0 aliphatic heterocycles. The van der Waals surface area contributed by atoms with Gasteiger partial charge >= 0.3 is 0 Å². The molecule has 1 amide bonds. The zero-order chi connectivity index (χ0) is 29.2. The molecular formula is C33H40F2N2O3. The number of ketones is 1. The van der Waals surface area contributed by atoms with Crippen LogP contribution in [0, 0.1) is 24.5 Å². The maximum atomic E-state index is 13.9. The molecule has 0 fully saturated rings. The summed E-state index contributed by atoms with van der Waals surface area (Å²) in [6, 6.07) is 15.5. The summed E-state index contributed by atoms with van der Waals surface area (Å²) in [5.41, 5.74) is 4.11. The van der Waals surface area contributed by atoms with E-state index >= 15 is 0 Å². The van der Waals surface area contributed by atoms with Gasteiger partial charge in [0.2, 0.25) is 0 Å². The summed E-state index contributed by atoms with van der Waals surface area (Å²) in [7, 11) is 0. The number of carbonyl (C=O) groups is 2. The second-order valence-corrected chi connectivity index (χ2v) is 10.4. The summed E-state index contributed by atoms with van der Waals surface area (Å²) in [6.07, 6.45) is 1.29. The van der Waals surface area contributed by atoms with E-state index in [0.29, 0.717) is 36.1 Å². The summed E-state index contributed by atoms with van der Waals surface area (Å²) >= 11 is 0. The molecular weight excluding hydrogens is 510 g/mol. The maximum absolute atomic E-state index is 13.9. The number of aliphatic hydroxyl groups is 1. The Hall–Kier alpha value is -3.42. The van der Waals surface area contributed by atoms with E-state index < -0.39 is 29.7 Å². The monoisotopic (exact) mass is 550 g/mol. The van der Waals surface area contributed by atoms with Crippen LogP contribution in [0.1, 0.15) is 76.6 Å². The van der Waals surface area contributed by atoms with Crippen molar-refractivity contribution in [3.63, 3.8) is 0 Å². The first-order valence-electron chi connectivity index (χ1n) is 14.0. The molecule has 0 aromatic heterocycles. The van der Waals surface area contributed by atoms with Crippen molar-refractivity contribution in [2.75, 3.05) is 6.54 Å². The van der Waals surface area contributed by atoms with Crippen molar-refractivity contribution in [2.24, 2.45) is 5.92 Å². The zero-order valence-electron chi connectivity index (χ0n) is 23.8. The summed E-state index contributed by atoms with van der Waals surface area (Å²) in [5, 5.41) is 17.2. The first-order valence-corrected chi connectivity index (χ1v) is 14.0. The smallest absolute Gasteiger partial charge is 0.251 e. The molecule has 0 heterocycles. The number of aryl methyl sites for hydroxylation is 2. The van der Waals surface area contributed by atoms with Crippen molar-refractivity contribution in [3.05, 3.63) is 106 Å². The van der Waals surface area contributed by atoms with Gasteiger partial charge in [0.15, 0.2) is 5.78 Å². The van der Waals surface area contributed by atoms with E-state index in [9.17, 15) is 23.5 Å². The van der Waals surface area contributed by atoms with Gasteiger partial charge in [0.1, 0.15) is 11.6 Å². The van der Waals surface area contributed by atoms with Crippen LogP contribution in [0.3, 0.4) is 0 Å². The van der Waals surface area contributed by atoms with Gasteiger partial charge in [-0.1, -0.05) is 45.0 Å². The predicted octanol–water partition coefficient (Wildman–Crippen LogP) is 5.95. The Labute approximate surface area is 236 Å². The fourth-order valence-electron chi connectivity index (χ4n) is 4.94. The van der Waals surface area contributed by atoms with Crippen molar-refractivity contribution >= 4 is 11.7 Å². The number of aliphatic hydroxyl groups excluding tert-OH is 1. The Morgan fingerprint density at radius 3 is 2.15 bits per heavy atom. The van der Waals surface area contributed by atoms with Crippen molar-refractivity contribution in [2.45, 2.75) is 72.1 Å². The average molecular weight is 551 g/mol. The molecule has 3 aromatic carbocycles. The zero-order valence-corrected chi connectivity index (χ0v) is 23.8. The summed E-state index contributed by atoms with van der Waals surface area (Å²) in [5.74, 6) is -2.07. The standard InChI is InChI=1S/C33H40F2N2O3/c1-5-22-9-8-10-23(13-22)19-36-20-31(38)30(16-24-14-28(34)18-29(35)15-24)37-33(40)27-12-21(4)11-26(17-27)32(39)25(6-2)7-3/h8-15,17-18,25,30-31,36,38H,5-7,16,19-20H2,1-4H3,(H,37,40)/t30-,31-/m0/s1. The van der Waals surface area contributed by atoms with Crippen LogP contribution in [0.4, 0.5) is 8.78 Å². The van der Waals surface area contributed by atoms with Crippen molar-refractivity contribution in [1.29, 1.82) is 0 Å². The van der Waals surface area contributed by atoms with E-state index in [4.69, 9.17) is 0 Å². The van der Waals surface area contributed by atoms with Crippen LogP contribution in [0.15, 0.2) is 60.7 Å². The van der Waals surface area contributed by atoms with Gasteiger partial charge in [-0.05, 0) is 85.2 Å². The van der Waals surface area contributed by atoms with Crippen LogP contribution < -0.4 is 10.6 Å². The second-order valence-electron chi connectivity index (χ2n) is 10.4. The topological polar surface area (TPSA) is 78.4 Å². The quantitative estimate of drug-likeness (QED) is 0.217. The first-order chi connectivity index (χ1) is 19.1. The number of amides is 1. The Bertz CT molecular complexity index is 1290. The van der Waals surface area contributed by atoms with Gasteiger partial charge in [-0.15, -0.1) is 0 Å². The Morgan fingerprint density at radius 1 is 0.850 bits per heavy atom. The lowest BCUT2D eigenvalue weighted by molar-refractivity contribution is 0.0829. The van der Waals surface area contributed by atoms with E-state index in [2.05, 4.69) is 29.7 Å². The number of hydrogen-bond donors (Lipinski definition) is 3. The summed E-state index contributed by atoms with van der Waals surface area (Å²) in [6.45, 7) is 8.49. The first kappa shape index (κ1) is 31.1. The highest BCUT2D eigenvalue weighted by molar-refractivity contribution is 6.02.